The van der Waals surface area contributed by atoms with Crippen molar-refractivity contribution < 1.29 is 28.7 Å². The Labute approximate surface area is 281 Å². The minimum absolute atomic E-state index is 0.0128. The summed E-state index contributed by atoms with van der Waals surface area (Å²) < 4.78 is 11.9. The molecule has 2 aliphatic heterocycles. The number of ketones is 1. The SMILES string of the molecule is CCCCP(CCCC)(CCCC)=C(C(=O)OC(C)(C)C)N1C(=O)[C@@H](NC(=O)Cc2ccccc2)[C@H]1SCC(=O)C1CCCCO1. The summed E-state index contributed by atoms with van der Waals surface area (Å²) in [6.07, 6.45) is 10.7. The predicted molar refractivity (Wildman–Crippen MR) is 191 cm³/mol. The van der Waals surface area contributed by atoms with Gasteiger partial charge in [-0.25, -0.2) is 4.79 Å². The lowest BCUT2D eigenvalue weighted by Gasteiger charge is -2.49. The van der Waals surface area contributed by atoms with Gasteiger partial charge in [0, 0.05) is 6.61 Å². The third-order valence-electron chi connectivity index (χ3n) is 8.58. The quantitative estimate of drug-likeness (QED) is 0.106. The normalized spacial score (nSPS) is 20.2. The van der Waals surface area contributed by atoms with Crippen molar-refractivity contribution in [2.75, 3.05) is 30.8 Å². The summed E-state index contributed by atoms with van der Waals surface area (Å²) in [6, 6.07) is 8.57. The number of thioether (sulfide) groups is 1. The van der Waals surface area contributed by atoms with Crippen LogP contribution >= 0.6 is 18.6 Å². The van der Waals surface area contributed by atoms with Crippen LogP contribution in [0.1, 0.15) is 105 Å². The number of benzene rings is 1. The molecule has 10 heteroatoms. The maximum atomic E-state index is 14.4. The van der Waals surface area contributed by atoms with Crippen molar-refractivity contribution in [1.82, 2.24) is 10.2 Å². The van der Waals surface area contributed by atoms with E-state index in [-0.39, 0.29) is 29.8 Å². The molecule has 0 aromatic heterocycles. The van der Waals surface area contributed by atoms with Crippen molar-refractivity contribution in [3.05, 3.63) is 35.9 Å². The molecular weight excluding hydrogens is 619 g/mol. The highest BCUT2D eigenvalue weighted by Crippen LogP contribution is 2.54. The number of ether oxygens (including phenoxy) is 2. The van der Waals surface area contributed by atoms with Gasteiger partial charge in [-0.1, -0.05) is 77.3 Å². The number of esters is 1. The minimum Gasteiger partial charge on any atom is -0.455 e. The van der Waals surface area contributed by atoms with Gasteiger partial charge in [0.25, 0.3) is 5.91 Å². The molecule has 1 unspecified atom stereocenters. The van der Waals surface area contributed by atoms with Crippen LogP contribution in [0.4, 0.5) is 0 Å². The van der Waals surface area contributed by atoms with Gasteiger partial charge in [-0.3, -0.25) is 19.3 Å². The van der Waals surface area contributed by atoms with Gasteiger partial charge < -0.3 is 14.8 Å². The summed E-state index contributed by atoms with van der Waals surface area (Å²) in [5, 5.41) is 2.38. The van der Waals surface area contributed by atoms with Crippen LogP contribution in [0.15, 0.2) is 30.3 Å². The van der Waals surface area contributed by atoms with Crippen molar-refractivity contribution in [3.8, 4) is 0 Å². The highest BCUT2D eigenvalue weighted by Gasteiger charge is 2.54. The molecule has 2 fully saturated rings. The van der Waals surface area contributed by atoms with Gasteiger partial charge in [0.05, 0.1) is 12.2 Å². The summed E-state index contributed by atoms with van der Waals surface area (Å²) in [7, 11) is 0. The van der Waals surface area contributed by atoms with E-state index in [4.69, 9.17) is 9.47 Å². The Bertz CT molecular complexity index is 1200. The van der Waals surface area contributed by atoms with Crippen molar-refractivity contribution in [3.63, 3.8) is 0 Å². The smallest absolute Gasteiger partial charge is 0.355 e. The molecule has 0 bridgehead atoms. The highest BCUT2D eigenvalue weighted by atomic mass is 32.2. The molecule has 2 heterocycles. The third kappa shape index (κ3) is 10.7. The molecule has 3 rings (SSSR count). The van der Waals surface area contributed by atoms with Gasteiger partial charge in [0.1, 0.15) is 28.5 Å². The molecular formula is C36H57N2O6PS. The molecule has 1 aromatic rings. The Kier molecular flexibility index (Phi) is 15.4. The second kappa shape index (κ2) is 18.5. The minimum atomic E-state index is -2.17. The van der Waals surface area contributed by atoms with E-state index in [1.54, 1.807) is 4.90 Å². The molecule has 2 amide bonds. The number of carbonyl (C=O) groups excluding carboxylic acids is 4. The van der Waals surface area contributed by atoms with Crippen molar-refractivity contribution in [2.45, 2.75) is 129 Å². The number of amides is 2. The van der Waals surface area contributed by atoms with E-state index in [9.17, 15) is 19.2 Å². The molecule has 46 heavy (non-hydrogen) atoms. The molecule has 0 spiro atoms. The van der Waals surface area contributed by atoms with Gasteiger partial charge in [0.2, 0.25) is 5.91 Å². The summed E-state index contributed by atoms with van der Waals surface area (Å²) in [5.74, 6) is -0.870. The van der Waals surface area contributed by atoms with Crippen LogP contribution in [-0.4, -0.2) is 87.9 Å². The first kappa shape index (κ1) is 38.4. The fraction of sp³-hybridized carbons (Fsp3) is 0.694. The zero-order valence-corrected chi connectivity index (χ0v) is 30.7. The van der Waals surface area contributed by atoms with E-state index in [0.29, 0.717) is 18.4 Å². The molecule has 2 aliphatic rings. The van der Waals surface area contributed by atoms with Gasteiger partial charge in [0.15, 0.2) is 5.78 Å². The average molecular weight is 677 g/mol. The summed E-state index contributed by atoms with van der Waals surface area (Å²) >= 11 is 1.33. The zero-order chi connectivity index (χ0) is 33.7. The number of likely N-dealkylation sites (tertiary alicyclic amines) is 1. The number of β-lactam (4-membered cyclic amide) rings is 1. The standard InChI is InChI=1S/C36H57N2O6PS/c1-7-10-22-45(23-11-8-2,24-12-9-3)33(35(42)44-36(4,5)6)38-32(41)31(37-30(40)25-27-18-14-13-15-19-27)34(38)46-26-28(39)29-20-16-17-21-43-29/h13-15,18-19,29,31,34H,7-12,16-17,20-26H2,1-6H3,(H,37,40)/t29?,31-,34-/m1/s1. The lowest BCUT2D eigenvalue weighted by atomic mass is 10.1. The van der Waals surface area contributed by atoms with Gasteiger partial charge in [-0.2, -0.15) is 0 Å². The lowest BCUT2D eigenvalue weighted by molar-refractivity contribution is -0.151. The van der Waals surface area contributed by atoms with E-state index >= 15 is 0 Å². The molecule has 1 N–H and O–H groups in total. The van der Waals surface area contributed by atoms with E-state index in [1.165, 1.54) is 11.8 Å². The first-order valence-electron chi connectivity index (χ1n) is 17.4. The number of hydrogen-bond acceptors (Lipinski definition) is 7. The zero-order valence-electron chi connectivity index (χ0n) is 29.0. The fourth-order valence-electron chi connectivity index (χ4n) is 6.13. The van der Waals surface area contributed by atoms with Gasteiger partial charge >= 0.3 is 5.97 Å². The molecule has 0 radical (unpaired) electrons. The van der Waals surface area contributed by atoms with Crippen molar-refractivity contribution in [1.29, 1.82) is 0 Å². The van der Waals surface area contributed by atoms with Gasteiger partial charge in [-0.05, 0) is 83.3 Å². The highest BCUT2D eigenvalue weighted by molar-refractivity contribution is 8.00. The number of unbranched alkanes of at least 4 members (excludes halogenated alkanes) is 3. The first-order chi connectivity index (χ1) is 22.0. The number of carbonyl (C=O) groups is 4. The largest absolute Gasteiger partial charge is 0.455 e. The van der Waals surface area contributed by atoms with Crippen molar-refractivity contribution in [2.24, 2.45) is 0 Å². The number of hydrogen-bond donors (Lipinski definition) is 1. The molecule has 0 saturated carbocycles. The van der Waals surface area contributed by atoms with Crippen molar-refractivity contribution >= 4 is 47.6 Å². The summed E-state index contributed by atoms with van der Waals surface area (Å²) in [4.78, 5) is 56.8. The molecule has 1 aromatic carbocycles. The Morgan fingerprint density at radius 2 is 1.59 bits per heavy atom. The molecule has 8 nitrogen and oxygen atoms in total. The molecule has 2 saturated heterocycles. The Morgan fingerprint density at radius 3 is 2.11 bits per heavy atom. The van der Waals surface area contributed by atoms with Crippen LogP contribution in [0.3, 0.4) is 0 Å². The molecule has 258 valence electrons. The lowest BCUT2D eigenvalue weighted by Crippen LogP contribution is -2.72. The molecule has 0 aliphatic carbocycles. The monoisotopic (exact) mass is 676 g/mol. The van der Waals surface area contributed by atoms with Crippen LogP contribution in [0.2, 0.25) is 0 Å². The maximum Gasteiger partial charge on any atom is 0.355 e. The van der Waals surface area contributed by atoms with E-state index in [2.05, 4.69) is 26.1 Å². The van der Waals surface area contributed by atoms with Crippen LogP contribution in [0.25, 0.3) is 0 Å². The van der Waals surface area contributed by atoms with Crippen LogP contribution in [0.5, 0.6) is 0 Å². The third-order valence-corrected chi connectivity index (χ3v) is 14.7. The molecule has 3 atom stereocenters. The first-order valence-corrected chi connectivity index (χ1v) is 20.7. The number of nitrogens with one attached hydrogen (secondary N) is 1. The summed E-state index contributed by atoms with van der Waals surface area (Å²) in [6.45, 7) is 10.4. The van der Waals surface area contributed by atoms with Gasteiger partial charge in [-0.15, -0.1) is 11.8 Å². The van der Waals surface area contributed by atoms with Crippen LogP contribution < -0.4 is 5.32 Å². The van der Waals surface area contributed by atoms with E-state index in [0.717, 1.165) is 75.4 Å². The fourth-order valence-corrected chi connectivity index (χ4v) is 12.7. The Balaban J connectivity index is 2.08. The topological polar surface area (TPSA) is 102 Å². The average Bonchev–Trinajstić information content (AvgIpc) is 3.03. The van der Waals surface area contributed by atoms with E-state index in [1.807, 2.05) is 51.1 Å². The Morgan fingerprint density at radius 1 is 0.978 bits per heavy atom. The Hall–Kier alpha value is -2.09. The van der Waals surface area contributed by atoms with E-state index < -0.39 is 36.0 Å². The second-order valence-electron chi connectivity index (χ2n) is 13.6. The second-order valence-corrected chi connectivity index (χ2v) is 18.8. The number of rotatable bonds is 18. The number of Topliss-reactive ketones (excluding diaryl/α,β-unsaturated/α-hetero) is 1. The number of nitrogens with zero attached hydrogens (tertiary/aromatic N) is 1. The van der Waals surface area contributed by atoms with Crippen LogP contribution in [0, 0.1) is 0 Å². The van der Waals surface area contributed by atoms with Crippen LogP contribution in [-0.2, 0) is 35.1 Å². The maximum absolute atomic E-state index is 14.4. The summed E-state index contributed by atoms with van der Waals surface area (Å²) in [5.41, 5.74) is 0.615. The predicted octanol–water partition coefficient (Wildman–Crippen LogP) is 6.64.